The van der Waals surface area contributed by atoms with Crippen molar-refractivity contribution in [2.75, 3.05) is 19.0 Å². The van der Waals surface area contributed by atoms with E-state index in [2.05, 4.69) is 33.2 Å². The topological polar surface area (TPSA) is 50.4 Å². The van der Waals surface area contributed by atoms with Crippen LogP contribution in [-0.4, -0.2) is 31.7 Å². The number of benzene rings is 1. The Morgan fingerprint density at radius 2 is 2.41 bits per heavy atom. The van der Waals surface area contributed by atoms with E-state index in [1.54, 1.807) is 7.11 Å². The van der Waals surface area contributed by atoms with E-state index in [0.717, 1.165) is 22.2 Å². The van der Waals surface area contributed by atoms with E-state index in [1.165, 1.54) is 0 Å². The van der Waals surface area contributed by atoms with Crippen molar-refractivity contribution in [1.82, 2.24) is 5.32 Å². The quantitative estimate of drug-likeness (QED) is 0.818. The van der Waals surface area contributed by atoms with Gasteiger partial charge in [-0.25, -0.2) is 0 Å². The first-order chi connectivity index (χ1) is 8.19. The maximum Gasteiger partial charge on any atom is 0.241 e. The molecule has 0 bridgehead atoms. The molecule has 5 heteroatoms. The third-order valence-electron chi connectivity index (χ3n) is 2.83. The van der Waals surface area contributed by atoms with Crippen molar-refractivity contribution in [3.63, 3.8) is 0 Å². The molecule has 0 aliphatic carbocycles. The summed E-state index contributed by atoms with van der Waals surface area (Å²) < 4.78 is 6.32. The van der Waals surface area contributed by atoms with Crippen LogP contribution in [0.1, 0.15) is 6.42 Å². The van der Waals surface area contributed by atoms with E-state index in [1.807, 2.05) is 24.3 Å². The van der Waals surface area contributed by atoms with Gasteiger partial charge in [0, 0.05) is 22.9 Å². The van der Waals surface area contributed by atoms with Gasteiger partial charge in [-0.3, -0.25) is 4.79 Å². The van der Waals surface area contributed by atoms with Gasteiger partial charge in [0.2, 0.25) is 5.91 Å². The van der Waals surface area contributed by atoms with Crippen LogP contribution in [0.25, 0.3) is 0 Å². The minimum absolute atomic E-state index is 0.00606. The first-order valence-electron chi connectivity index (χ1n) is 5.51. The molecule has 2 atom stereocenters. The highest BCUT2D eigenvalue weighted by Gasteiger charge is 2.29. The lowest BCUT2D eigenvalue weighted by Gasteiger charge is -2.11. The lowest BCUT2D eigenvalue weighted by Crippen LogP contribution is -2.35. The maximum atomic E-state index is 12.0. The van der Waals surface area contributed by atoms with Crippen molar-refractivity contribution in [2.24, 2.45) is 0 Å². The summed E-state index contributed by atoms with van der Waals surface area (Å²) in [6, 6.07) is 7.60. The number of amides is 1. The highest BCUT2D eigenvalue weighted by atomic mass is 127. The van der Waals surface area contributed by atoms with Crippen LogP contribution in [0.5, 0.6) is 0 Å². The number of halogens is 1. The standard InChI is InChI=1S/C12H15IN2O2/c1-17-10-6-11(14-7-10)12(16)15-9-4-2-3-8(13)5-9/h2-5,10-11,14H,6-7H2,1H3,(H,15,16). The number of hydrogen-bond acceptors (Lipinski definition) is 3. The molecule has 1 aliphatic rings. The smallest absolute Gasteiger partial charge is 0.241 e. The summed E-state index contributed by atoms with van der Waals surface area (Å²) in [5, 5.41) is 6.06. The second-order valence-electron chi connectivity index (χ2n) is 4.05. The van der Waals surface area contributed by atoms with Gasteiger partial charge in [-0.2, -0.15) is 0 Å². The molecule has 1 amide bonds. The first-order valence-corrected chi connectivity index (χ1v) is 6.59. The summed E-state index contributed by atoms with van der Waals surface area (Å²) in [6.07, 6.45) is 0.869. The molecule has 1 heterocycles. The lowest BCUT2D eigenvalue weighted by atomic mass is 10.2. The Kier molecular flexibility index (Phi) is 4.36. The first kappa shape index (κ1) is 12.8. The molecule has 2 N–H and O–H groups in total. The summed E-state index contributed by atoms with van der Waals surface area (Å²) >= 11 is 2.22. The molecule has 2 rings (SSSR count). The van der Waals surface area contributed by atoms with Crippen molar-refractivity contribution in [3.05, 3.63) is 27.8 Å². The van der Waals surface area contributed by atoms with E-state index in [4.69, 9.17) is 4.74 Å². The lowest BCUT2D eigenvalue weighted by molar-refractivity contribution is -0.118. The molecule has 0 spiro atoms. The fourth-order valence-electron chi connectivity index (χ4n) is 1.88. The fourth-order valence-corrected chi connectivity index (χ4v) is 2.42. The van der Waals surface area contributed by atoms with Crippen LogP contribution in [0.15, 0.2) is 24.3 Å². The predicted octanol–water partition coefficient (Wildman–Crippen LogP) is 1.61. The van der Waals surface area contributed by atoms with Gasteiger partial charge in [0.1, 0.15) is 0 Å². The third kappa shape index (κ3) is 3.40. The Hall–Kier alpha value is -0.660. The molecule has 4 nitrogen and oxygen atoms in total. The van der Waals surface area contributed by atoms with Crippen molar-refractivity contribution in [2.45, 2.75) is 18.6 Å². The Morgan fingerprint density at radius 3 is 3.06 bits per heavy atom. The zero-order chi connectivity index (χ0) is 12.3. The van der Waals surface area contributed by atoms with Gasteiger partial charge in [-0.1, -0.05) is 6.07 Å². The van der Waals surface area contributed by atoms with E-state index in [-0.39, 0.29) is 18.1 Å². The predicted molar refractivity (Wildman–Crippen MR) is 75.0 cm³/mol. The minimum atomic E-state index is -0.155. The summed E-state index contributed by atoms with van der Waals surface area (Å²) in [7, 11) is 1.67. The Balaban J connectivity index is 1.93. The number of methoxy groups -OCH3 is 1. The van der Waals surface area contributed by atoms with Crippen molar-refractivity contribution >= 4 is 34.2 Å². The fraction of sp³-hybridized carbons (Fsp3) is 0.417. The second-order valence-corrected chi connectivity index (χ2v) is 5.30. The van der Waals surface area contributed by atoms with E-state index in [9.17, 15) is 4.79 Å². The minimum Gasteiger partial charge on any atom is -0.380 e. The van der Waals surface area contributed by atoms with Crippen LogP contribution in [0, 0.1) is 3.57 Å². The zero-order valence-electron chi connectivity index (χ0n) is 9.57. The van der Waals surface area contributed by atoms with Gasteiger partial charge in [0.05, 0.1) is 12.1 Å². The molecular formula is C12H15IN2O2. The molecule has 92 valence electrons. The van der Waals surface area contributed by atoms with Crippen molar-refractivity contribution < 1.29 is 9.53 Å². The second kappa shape index (κ2) is 5.79. The van der Waals surface area contributed by atoms with Crippen molar-refractivity contribution in [1.29, 1.82) is 0 Å². The molecule has 0 aromatic heterocycles. The van der Waals surface area contributed by atoms with E-state index < -0.39 is 0 Å². The Labute approximate surface area is 114 Å². The summed E-state index contributed by atoms with van der Waals surface area (Å²) in [5.41, 5.74) is 0.838. The highest BCUT2D eigenvalue weighted by molar-refractivity contribution is 14.1. The van der Waals surface area contributed by atoms with Gasteiger partial charge in [0.25, 0.3) is 0 Å². The number of rotatable bonds is 3. The average molecular weight is 346 g/mol. The zero-order valence-corrected chi connectivity index (χ0v) is 11.7. The molecular weight excluding hydrogens is 331 g/mol. The molecule has 1 fully saturated rings. The summed E-state index contributed by atoms with van der Waals surface area (Å²) in [5.74, 6) is 0.00606. The number of carbonyl (C=O) groups excluding carboxylic acids is 1. The van der Waals surface area contributed by atoms with Gasteiger partial charge in [0.15, 0.2) is 0 Å². The van der Waals surface area contributed by atoms with Gasteiger partial charge in [-0.05, 0) is 47.2 Å². The van der Waals surface area contributed by atoms with Crippen LogP contribution in [0.4, 0.5) is 5.69 Å². The third-order valence-corrected chi connectivity index (χ3v) is 3.50. The van der Waals surface area contributed by atoms with E-state index in [0.29, 0.717) is 0 Å². The van der Waals surface area contributed by atoms with Crippen LogP contribution in [0.3, 0.4) is 0 Å². The molecule has 1 aromatic rings. The average Bonchev–Trinajstić information content (AvgIpc) is 2.77. The number of nitrogens with one attached hydrogen (secondary N) is 2. The summed E-state index contributed by atoms with van der Waals surface area (Å²) in [4.78, 5) is 12.0. The largest absolute Gasteiger partial charge is 0.380 e. The number of ether oxygens (including phenoxy) is 1. The Bertz CT molecular complexity index is 411. The number of carbonyl (C=O) groups is 1. The Morgan fingerprint density at radius 1 is 1.59 bits per heavy atom. The SMILES string of the molecule is COC1CNC(C(=O)Nc2cccc(I)c2)C1. The summed E-state index contributed by atoms with van der Waals surface area (Å²) in [6.45, 7) is 0.737. The maximum absolute atomic E-state index is 12.0. The van der Waals surface area contributed by atoms with Crippen LogP contribution >= 0.6 is 22.6 Å². The molecule has 17 heavy (non-hydrogen) atoms. The molecule has 1 aromatic carbocycles. The molecule has 0 radical (unpaired) electrons. The van der Waals surface area contributed by atoms with Gasteiger partial charge < -0.3 is 15.4 Å². The highest BCUT2D eigenvalue weighted by Crippen LogP contribution is 2.15. The molecule has 1 aliphatic heterocycles. The number of hydrogen-bond donors (Lipinski definition) is 2. The van der Waals surface area contributed by atoms with E-state index >= 15 is 0 Å². The molecule has 1 saturated heterocycles. The van der Waals surface area contributed by atoms with Crippen LogP contribution in [0.2, 0.25) is 0 Å². The molecule has 2 unspecified atom stereocenters. The van der Waals surface area contributed by atoms with Gasteiger partial charge in [-0.15, -0.1) is 0 Å². The molecule has 0 saturated carbocycles. The van der Waals surface area contributed by atoms with Gasteiger partial charge >= 0.3 is 0 Å². The van der Waals surface area contributed by atoms with Crippen LogP contribution < -0.4 is 10.6 Å². The number of anilines is 1. The monoisotopic (exact) mass is 346 g/mol. The van der Waals surface area contributed by atoms with Crippen molar-refractivity contribution in [3.8, 4) is 0 Å². The van der Waals surface area contributed by atoms with Crippen LogP contribution in [-0.2, 0) is 9.53 Å². The normalized spacial score (nSPS) is 23.6.